The standard InChI is InChI=1S/C12H8BrFN2O3S/c1-6-5-9(20-11(6)13)12(17)15-10-7(14)3-2-4-8(10)16(18)19/h2-5H,1H3,(H,15,17). The molecule has 0 aliphatic carbocycles. The van der Waals surface area contributed by atoms with Gasteiger partial charge >= 0.3 is 0 Å². The second-order valence-corrected chi connectivity index (χ2v) is 6.28. The Bertz CT molecular complexity index is 683. The lowest BCUT2D eigenvalue weighted by atomic mass is 10.2. The number of thiophene rings is 1. The smallest absolute Gasteiger partial charge is 0.295 e. The lowest BCUT2D eigenvalue weighted by Crippen LogP contribution is -2.13. The number of halogens is 2. The molecule has 8 heteroatoms. The number of benzene rings is 1. The number of carbonyl (C=O) groups is 1. The van der Waals surface area contributed by atoms with Gasteiger partial charge in [0.25, 0.3) is 11.6 Å². The largest absolute Gasteiger partial charge is 0.313 e. The maximum Gasteiger partial charge on any atom is 0.295 e. The van der Waals surface area contributed by atoms with Gasteiger partial charge in [0, 0.05) is 6.07 Å². The first-order valence-corrected chi connectivity index (χ1v) is 7.01. The maximum atomic E-state index is 13.6. The zero-order valence-electron chi connectivity index (χ0n) is 10.1. The van der Waals surface area contributed by atoms with Crippen molar-refractivity contribution >= 4 is 44.5 Å². The van der Waals surface area contributed by atoms with E-state index in [1.807, 2.05) is 6.92 Å². The molecule has 5 nitrogen and oxygen atoms in total. The zero-order chi connectivity index (χ0) is 14.9. The molecular weight excluding hydrogens is 351 g/mol. The van der Waals surface area contributed by atoms with E-state index in [1.165, 1.54) is 17.4 Å². The second kappa shape index (κ2) is 5.68. The van der Waals surface area contributed by atoms with E-state index < -0.39 is 28.0 Å². The fourth-order valence-electron chi connectivity index (χ4n) is 1.54. The molecule has 0 saturated carbocycles. The molecule has 1 heterocycles. The van der Waals surface area contributed by atoms with Crippen molar-refractivity contribution in [3.63, 3.8) is 0 Å². The molecule has 0 radical (unpaired) electrons. The zero-order valence-corrected chi connectivity index (χ0v) is 12.5. The number of aryl methyl sites for hydroxylation is 1. The van der Waals surface area contributed by atoms with Gasteiger partial charge in [-0.15, -0.1) is 11.3 Å². The number of nitro benzene ring substituents is 1. The van der Waals surface area contributed by atoms with E-state index in [0.29, 0.717) is 4.88 Å². The van der Waals surface area contributed by atoms with Crippen LogP contribution >= 0.6 is 27.3 Å². The number of hydrogen-bond donors (Lipinski definition) is 1. The summed E-state index contributed by atoms with van der Waals surface area (Å²) in [5.74, 6) is -1.43. The van der Waals surface area contributed by atoms with Crippen LogP contribution < -0.4 is 5.32 Å². The second-order valence-electron chi connectivity index (χ2n) is 3.91. The summed E-state index contributed by atoms with van der Waals surface area (Å²) in [5, 5.41) is 13.1. The van der Waals surface area contributed by atoms with Gasteiger partial charge in [-0.2, -0.15) is 0 Å². The summed E-state index contributed by atoms with van der Waals surface area (Å²) in [7, 11) is 0. The highest BCUT2D eigenvalue weighted by Crippen LogP contribution is 2.30. The highest BCUT2D eigenvalue weighted by molar-refractivity contribution is 9.11. The van der Waals surface area contributed by atoms with Gasteiger partial charge in [-0.25, -0.2) is 4.39 Å². The van der Waals surface area contributed by atoms with Gasteiger partial charge in [0.1, 0.15) is 0 Å². The van der Waals surface area contributed by atoms with Gasteiger partial charge in [0.05, 0.1) is 13.6 Å². The summed E-state index contributed by atoms with van der Waals surface area (Å²) in [6.07, 6.45) is 0. The van der Waals surface area contributed by atoms with Gasteiger partial charge in [-0.3, -0.25) is 14.9 Å². The highest BCUT2D eigenvalue weighted by atomic mass is 79.9. The van der Waals surface area contributed by atoms with Crippen molar-refractivity contribution in [1.29, 1.82) is 0 Å². The summed E-state index contributed by atoms with van der Waals surface area (Å²) in [5.41, 5.74) is -0.0430. The van der Waals surface area contributed by atoms with E-state index in [2.05, 4.69) is 21.2 Å². The highest BCUT2D eigenvalue weighted by Gasteiger charge is 2.21. The number of hydrogen-bond acceptors (Lipinski definition) is 4. The fourth-order valence-corrected chi connectivity index (χ4v) is 2.97. The summed E-state index contributed by atoms with van der Waals surface area (Å²) in [6, 6.07) is 5.03. The number of nitrogens with zero attached hydrogens (tertiary/aromatic N) is 1. The third kappa shape index (κ3) is 2.86. The predicted molar refractivity (Wildman–Crippen MR) is 77.8 cm³/mol. The molecule has 0 fully saturated rings. The van der Waals surface area contributed by atoms with Crippen LogP contribution in [0.15, 0.2) is 28.1 Å². The van der Waals surface area contributed by atoms with Crippen molar-refractivity contribution in [3.8, 4) is 0 Å². The fraction of sp³-hybridized carbons (Fsp3) is 0.0833. The molecule has 1 N–H and O–H groups in total. The van der Waals surface area contributed by atoms with Crippen molar-refractivity contribution in [1.82, 2.24) is 0 Å². The van der Waals surface area contributed by atoms with Crippen molar-refractivity contribution in [2.45, 2.75) is 6.92 Å². The number of nitrogens with one attached hydrogen (secondary N) is 1. The molecule has 20 heavy (non-hydrogen) atoms. The van der Waals surface area contributed by atoms with Crippen molar-refractivity contribution in [2.75, 3.05) is 5.32 Å². The Morgan fingerprint density at radius 2 is 2.20 bits per heavy atom. The lowest BCUT2D eigenvalue weighted by Gasteiger charge is -2.05. The predicted octanol–water partition coefficient (Wildman–Crippen LogP) is 4.12. The molecule has 2 rings (SSSR count). The van der Waals surface area contributed by atoms with Crippen LogP contribution in [-0.4, -0.2) is 10.8 Å². The monoisotopic (exact) mass is 358 g/mol. The Morgan fingerprint density at radius 1 is 1.50 bits per heavy atom. The summed E-state index contributed by atoms with van der Waals surface area (Å²) < 4.78 is 14.4. The first kappa shape index (κ1) is 14.6. The van der Waals surface area contributed by atoms with Crippen LogP contribution in [0.4, 0.5) is 15.8 Å². The number of nitro groups is 1. The molecule has 0 spiro atoms. The minimum atomic E-state index is -0.847. The van der Waals surface area contributed by atoms with E-state index >= 15 is 0 Å². The molecule has 0 atom stereocenters. The minimum absolute atomic E-state index is 0.340. The van der Waals surface area contributed by atoms with Crippen molar-refractivity contribution in [3.05, 3.63) is 54.4 Å². The van der Waals surface area contributed by atoms with E-state index in [4.69, 9.17) is 0 Å². The molecule has 2 aromatic rings. The van der Waals surface area contributed by atoms with Crippen LogP contribution in [0.1, 0.15) is 15.2 Å². The Kier molecular flexibility index (Phi) is 4.15. The summed E-state index contributed by atoms with van der Waals surface area (Å²) in [4.78, 5) is 22.4. The molecule has 1 aromatic carbocycles. The molecule has 0 bridgehead atoms. The van der Waals surface area contributed by atoms with Crippen LogP contribution in [0.3, 0.4) is 0 Å². The van der Waals surface area contributed by atoms with E-state index in [9.17, 15) is 19.3 Å². The molecule has 0 aliphatic rings. The van der Waals surface area contributed by atoms with Gasteiger partial charge < -0.3 is 5.32 Å². The van der Waals surface area contributed by atoms with Gasteiger partial charge in [-0.1, -0.05) is 6.07 Å². The topological polar surface area (TPSA) is 72.2 Å². The van der Waals surface area contributed by atoms with E-state index in [1.54, 1.807) is 6.07 Å². The summed E-state index contributed by atoms with van der Waals surface area (Å²) >= 11 is 4.45. The molecule has 104 valence electrons. The van der Waals surface area contributed by atoms with Crippen LogP contribution in [0.5, 0.6) is 0 Å². The Hall–Kier alpha value is -1.80. The molecule has 0 saturated heterocycles. The van der Waals surface area contributed by atoms with Crippen LogP contribution in [0, 0.1) is 22.9 Å². The number of carbonyl (C=O) groups excluding carboxylic acids is 1. The van der Waals surface area contributed by atoms with E-state index in [-0.39, 0.29) is 0 Å². The SMILES string of the molecule is Cc1cc(C(=O)Nc2c(F)cccc2[N+](=O)[O-])sc1Br. The summed E-state index contributed by atoms with van der Waals surface area (Å²) in [6.45, 7) is 1.81. The van der Waals surface area contributed by atoms with Crippen LogP contribution in [0.2, 0.25) is 0 Å². The Labute approximate surface area is 125 Å². The normalized spacial score (nSPS) is 10.3. The van der Waals surface area contributed by atoms with Gasteiger partial charge in [0.2, 0.25) is 0 Å². The average Bonchev–Trinajstić information content (AvgIpc) is 2.72. The minimum Gasteiger partial charge on any atom is -0.313 e. The molecule has 0 unspecified atom stereocenters. The lowest BCUT2D eigenvalue weighted by molar-refractivity contribution is -0.384. The number of rotatable bonds is 3. The third-order valence-electron chi connectivity index (χ3n) is 2.51. The Balaban J connectivity index is 2.35. The molecule has 0 aliphatic heterocycles. The average molecular weight is 359 g/mol. The van der Waals surface area contributed by atoms with Gasteiger partial charge in [-0.05, 0) is 40.5 Å². The van der Waals surface area contributed by atoms with Crippen LogP contribution in [-0.2, 0) is 0 Å². The number of amides is 1. The molecule has 1 aromatic heterocycles. The van der Waals surface area contributed by atoms with E-state index in [0.717, 1.165) is 21.5 Å². The van der Waals surface area contributed by atoms with Crippen molar-refractivity contribution < 1.29 is 14.1 Å². The van der Waals surface area contributed by atoms with Crippen LogP contribution in [0.25, 0.3) is 0 Å². The Morgan fingerprint density at radius 3 is 2.75 bits per heavy atom. The quantitative estimate of drug-likeness (QED) is 0.662. The van der Waals surface area contributed by atoms with Gasteiger partial charge in [0.15, 0.2) is 11.5 Å². The third-order valence-corrected chi connectivity index (χ3v) is 4.64. The number of para-hydroxylation sites is 1. The maximum absolute atomic E-state index is 13.6. The molecular formula is C12H8BrFN2O3S. The first-order chi connectivity index (χ1) is 9.40. The number of anilines is 1. The van der Waals surface area contributed by atoms with Crippen molar-refractivity contribution in [2.24, 2.45) is 0 Å². The molecule has 1 amide bonds. The first-order valence-electron chi connectivity index (χ1n) is 5.40.